The Morgan fingerprint density at radius 1 is 1.04 bits per heavy atom. The van der Waals surface area contributed by atoms with Crippen molar-refractivity contribution in [1.82, 2.24) is 9.80 Å². The van der Waals surface area contributed by atoms with Crippen LogP contribution in [0.1, 0.15) is 22.3 Å². The van der Waals surface area contributed by atoms with E-state index in [-0.39, 0.29) is 11.7 Å². The van der Waals surface area contributed by atoms with Gasteiger partial charge in [-0.3, -0.25) is 9.69 Å². The highest BCUT2D eigenvalue weighted by atomic mass is 19.1. The molecule has 0 saturated carbocycles. The fourth-order valence-electron chi connectivity index (χ4n) is 3.35. The summed E-state index contributed by atoms with van der Waals surface area (Å²) in [4.78, 5) is 16.7. The SMILES string of the molecule is COc1ccccc1CCCN1CCN(C(=O)c2ccc(F)cc2)CC1. The molecule has 3 rings (SSSR count). The number of piperazine rings is 1. The zero-order valence-corrected chi connectivity index (χ0v) is 15.2. The average Bonchev–Trinajstić information content (AvgIpc) is 2.69. The van der Waals surface area contributed by atoms with E-state index in [1.807, 2.05) is 23.1 Å². The first-order valence-corrected chi connectivity index (χ1v) is 9.06. The number of nitrogens with zero attached hydrogens (tertiary/aromatic N) is 2. The summed E-state index contributed by atoms with van der Waals surface area (Å²) in [6, 6.07) is 13.9. The molecule has 2 aromatic carbocycles. The number of carbonyl (C=O) groups excluding carboxylic acids is 1. The molecule has 0 aliphatic carbocycles. The van der Waals surface area contributed by atoms with E-state index in [9.17, 15) is 9.18 Å². The van der Waals surface area contributed by atoms with Crippen LogP contribution in [0.4, 0.5) is 4.39 Å². The van der Waals surface area contributed by atoms with Gasteiger partial charge in [-0.25, -0.2) is 4.39 Å². The highest BCUT2D eigenvalue weighted by molar-refractivity contribution is 5.94. The standard InChI is InChI=1S/C21H25FN2O2/c1-26-20-7-3-2-5-17(20)6-4-12-23-13-15-24(16-14-23)21(25)18-8-10-19(22)11-9-18/h2-3,5,7-11H,4,6,12-16H2,1H3. The second-order valence-electron chi connectivity index (χ2n) is 6.56. The summed E-state index contributed by atoms with van der Waals surface area (Å²) in [5.74, 6) is 0.613. The zero-order chi connectivity index (χ0) is 18.4. The molecule has 1 amide bonds. The van der Waals surface area contributed by atoms with Crippen molar-refractivity contribution in [1.29, 1.82) is 0 Å². The summed E-state index contributed by atoms with van der Waals surface area (Å²) in [6.07, 6.45) is 2.05. The molecule has 0 bridgehead atoms. The van der Waals surface area contributed by atoms with E-state index in [0.29, 0.717) is 18.7 Å². The molecule has 0 N–H and O–H groups in total. The Balaban J connectivity index is 1.44. The molecule has 2 aromatic rings. The van der Waals surface area contributed by atoms with Gasteiger partial charge in [0.1, 0.15) is 11.6 Å². The van der Waals surface area contributed by atoms with Crippen molar-refractivity contribution in [3.8, 4) is 5.75 Å². The Morgan fingerprint density at radius 2 is 1.73 bits per heavy atom. The van der Waals surface area contributed by atoms with Crippen LogP contribution < -0.4 is 4.74 Å². The van der Waals surface area contributed by atoms with Crippen molar-refractivity contribution >= 4 is 5.91 Å². The molecule has 0 atom stereocenters. The highest BCUT2D eigenvalue weighted by Crippen LogP contribution is 2.19. The van der Waals surface area contributed by atoms with Gasteiger partial charge in [-0.2, -0.15) is 0 Å². The van der Waals surface area contributed by atoms with Gasteiger partial charge >= 0.3 is 0 Å². The number of benzene rings is 2. The van der Waals surface area contributed by atoms with Crippen LogP contribution in [-0.4, -0.2) is 55.5 Å². The van der Waals surface area contributed by atoms with Crippen LogP contribution in [-0.2, 0) is 6.42 Å². The van der Waals surface area contributed by atoms with Crippen molar-refractivity contribution in [2.75, 3.05) is 39.8 Å². The second-order valence-corrected chi connectivity index (χ2v) is 6.56. The quantitative estimate of drug-likeness (QED) is 0.797. The number of para-hydroxylation sites is 1. The Bertz CT molecular complexity index is 725. The van der Waals surface area contributed by atoms with Crippen molar-refractivity contribution in [3.05, 3.63) is 65.5 Å². The minimum absolute atomic E-state index is 0.0151. The third kappa shape index (κ3) is 4.61. The maximum Gasteiger partial charge on any atom is 0.253 e. The molecule has 0 unspecified atom stereocenters. The first-order valence-electron chi connectivity index (χ1n) is 9.06. The number of ether oxygens (including phenoxy) is 1. The fourth-order valence-corrected chi connectivity index (χ4v) is 3.35. The maximum atomic E-state index is 13.0. The largest absolute Gasteiger partial charge is 0.496 e. The van der Waals surface area contributed by atoms with Crippen LogP contribution in [0.15, 0.2) is 48.5 Å². The van der Waals surface area contributed by atoms with E-state index < -0.39 is 0 Å². The molecule has 5 heteroatoms. The van der Waals surface area contributed by atoms with Crippen LogP contribution in [0.2, 0.25) is 0 Å². The van der Waals surface area contributed by atoms with Gasteiger partial charge in [-0.15, -0.1) is 0 Å². The van der Waals surface area contributed by atoms with Crippen LogP contribution >= 0.6 is 0 Å². The number of hydrogen-bond donors (Lipinski definition) is 0. The van der Waals surface area contributed by atoms with Gasteiger partial charge in [0.25, 0.3) is 5.91 Å². The van der Waals surface area contributed by atoms with E-state index in [0.717, 1.165) is 38.2 Å². The van der Waals surface area contributed by atoms with Crippen LogP contribution in [0.5, 0.6) is 5.75 Å². The summed E-state index contributed by atoms with van der Waals surface area (Å²) in [6.45, 7) is 4.18. The number of halogens is 1. The molecule has 4 nitrogen and oxygen atoms in total. The molecule has 1 fully saturated rings. The smallest absolute Gasteiger partial charge is 0.253 e. The highest BCUT2D eigenvalue weighted by Gasteiger charge is 2.21. The van der Waals surface area contributed by atoms with Gasteiger partial charge in [0, 0.05) is 31.7 Å². The van der Waals surface area contributed by atoms with Crippen LogP contribution in [0.3, 0.4) is 0 Å². The molecule has 1 saturated heterocycles. The topological polar surface area (TPSA) is 32.8 Å². The molecule has 0 radical (unpaired) electrons. The number of methoxy groups -OCH3 is 1. The normalized spacial score (nSPS) is 15.1. The number of hydrogen-bond acceptors (Lipinski definition) is 3. The van der Waals surface area contributed by atoms with Crippen molar-refractivity contribution in [3.63, 3.8) is 0 Å². The Morgan fingerprint density at radius 3 is 2.42 bits per heavy atom. The lowest BCUT2D eigenvalue weighted by Crippen LogP contribution is -2.48. The lowest BCUT2D eigenvalue weighted by molar-refractivity contribution is 0.0636. The summed E-state index contributed by atoms with van der Waals surface area (Å²) < 4.78 is 18.4. The molecule has 0 aromatic heterocycles. The lowest BCUT2D eigenvalue weighted by Gasteiger charge is -2.34. The van der Waals surface area contributed by atoms with E-state index in [2.05, 4.69) is 11.0 Å². The molecule has 0 spiro atoms. The minimum atomic E-state index is -0.318. The third-order valence-corrected chi connectivity index (χ3v) is 4.86. The van der Waals surface area contributed by atoms with E-state index in [1.54, 1.807) is 19.2 Å². The molecule has 1 aliphatic heterocycles. The van der Waals surface area contributed by atoms with Crippen LogP contribution in [0, 0.1) is 5.82 Å². The molecule has 26 heavy (non-hydrogen) atoms. The molecule has 1 heterocycles. The number of carbonyl (C=O) groups is 1. The Hall–Kier alpha value is -2.40. The van der Waals surface area contributed by atoms with Gasteiger partial charge in [0.15, 0.2) is 0 Å². The minimum Gasteiger partial charge on any atom is -0.496 e. The summed E-state index contributed by atoms with van der Waals surface area (Å²) in [5, 5.41) is 0. The van der Waals surface area contributed by atoms with Gasteiger partial charge in [0.2, 0.25) is 0 Å². The Labute approximate surface area is 154 Å². The Kier molecular flexibility index (Phi) is 6.23. The molecule has 1 aliphatic rings. The monoisotopic (exact) mass is 356 g/mol. The summed E-state index contributed by atoms with van der Waals surface area (Å²) in [5.41, 5.74) is 1.79. The average molecular weight is 356 g/mol. The summed E-state index contributed by atoms with van der Waals surface area (Å²) >= 11 is 0. The van der Waals surface area contributed by atoms with Gasteiger partial charge in [0.05, 0.1) is 7.11 Å². The predicted octanol–water partition coefficient (Wildman–Crippen LogP) is 3.22. The van der Waals surface area contributed by atoms with Crippen molar-refractivity contribution in [2.24, 2.45) is 0 Å². The fraction of sp³-hybridized carbons (Fsp3) is 0.381. The molecular weight excluding hydrogens is 331 g/mol. The van der Waals surface area contributed by atoms with Gasteiger partial charge in [-0.05, 0) is 55.3 Å². The number of aryl methyl sites for hydroxylation is 1. The predicted molar refractivity (Wildman–Crippen MR) is 100 cm³/mol. The van der Waals surface area contributed by atoms with Gasteiger partial charge in [-0.1, -0.05) is 18.2 Å². The lowest BCUT2D eigenvalue weighted by atomic mass is 10.1. The van der Waals surface area contributed by atoms with Gasteiger partial charge < -0.3 is 9.64 Å². The zero-order valence-electron chi connectivity index (χ0n) is 15.2. The maximum absolute atomic E-state index is 13.0. The van der Waals surface area contributed by atoms with E-state index >= 15 is 0 Å². The second kappa shape index (κ2) is 8.81. The van der Waals surface area contributed by atoms with Crippen LogP contribution in [0.25, 0.3) is 0 Å². The van der Waals surface area contributed by atoms with E-state index in [1.165, 1.54) is 17.7 Å². The third-order valence-electron chi connectivity index (χ3n) is 4.86. The molecular formula is C21H25FN2O2. The first-order chi connectivity index (χ1) is 12.7. The van der Waals surface area contributed by atoms with Crippen molar-refractivity contribution < 1.29 is 13.9 Å². The number of amides is 1. The first kappa shape index (κ1) is 18.4. The van der Waals surface area contributed by atoms with E-state index in [4.69, 9.17) is 4.74 Å². The summed E-state index contributed by atoms with van der Waals surface area (Å²) in [7, 11) is 1.70. The molecule has 138 valence electrons. The van der Waals surface area contributed by atoms with Crippen molar-refractivity contribution in [2.45, 2.75) is 12.8 Å². The number of rotatable bonds is 6.